The van der Waals surface area contributed by atoms with E-state index in [1.54, 1.807) is 11.3 Å². The Balaban J connectivity index is 1.54. The SMILES string of the molecule is CCCn1ccnc1CN1CCN(c2nccs2)CC1. The fraction of sp³-hybridized carbons (Fsp3) is 0.571. The third-order valence-corrected chi connectivity index (χ3v) is 4.53. The summed E-state index contributed by atoms with van der Waals surface area (Å²) in [5, 5.41) is 3.20. The van der Waals surface area contributed by atoms with Crippen molar-refractivity contribution in [2.45, 2.75) is 26.4 Å². The molecule has 0 spiro atoms. The topological polar surface area (TPSA) is 37.2 Å². The number of thiazole rings is 1. The maximum Gasteiger partial charge on any atom is 0.185 e. The van der Waals surface area contributed by atoms with Crippen LogP contribution in [0.25, 0.3) is 0 Å². The highest BCUT2D eigenvalue weighted by Gasteiger charge is 2.19. The molecule has 0 atom stereocenters. The Kier molecular flexibility index (Phi) is 4.32. The highest BCUT2D eigenvalue weighted by Crippen LogP contribution is 2.19. The lowest BCUT2D eigenvalue weighted by molar-refractivity contribution is 0.240. The van der Waals surface area contributed by atoms with Gasteiger partial charge in [-0.05, 0) is 6.42 Å². The lowest BCUT2D eigenvalue weighted by Gasteiger charge is -2.34. The second kappa shape index (κ2) is 6.37. The molecule has 1 saturated heterocycles. The van der Waals surface area contributed by atoms with Gasteiger partial charge in [0.05, 0.1) is 6.54 Å². The van der Waals surface area contributed by atoms with Gasteiger partial charge >= 0.3 is 0 Å². The summed E-state index contributed by atoms with van der Waals surface area (Å²) in [4.78, 5) is 13.7. The summed E-state index contributed by atoms with van der Waals surface area (Å²) < 4.78 is 2.27. The molecule has 1 aliphatic rings. The highest BCUT2D eigenvalue weighted by atomic mass is 32.1. The van der Waals surface area contributed by atoms with Gasteiger partial charge in [-0.3, -0.25) is 4.90 Å². The summed E-state index contributed by atoms with van der Waals surface area (Å²) in [6.07, 6.45) is 7.04. The van der Waals surface area contributed by atoms with Crippen molar-refractivity contribution in [3.63, 3.8) is 0 Å². The molecule has 20 heavy (non-hydrogen) atoms. The van der Waals surface area contributed by atoms with Crippen LogP contribution in [-0.2, 0) is 13.1 Å². The van der Waals surface area contributed by atoms with E-state index in [4.69, 9.17) is 0 Å². The zero-order chi connectivity index (χ0) is 13.8. The number of nitrogens with zero attached hydrogens (tertiary/aromatic N) is 5. The minimum absolute atomic E-state index is 0.957. The minimum atomic E-state index is 0.957. The van der Waals surface area contributed by atoms with E-state index in [1.165, 1.54) is 5.82 Å². The van der Waals surface area contributed by atoms with Gasteiger partial charge in [0.2, 0.25) is 0 Å². The first-order chi connectivity index (χ1) is 9.86. The van der Waals surface area contributed by atoms with Crippen LogP contribution in [0.2, 0.25) is 0 Å². The van der Waals surface area contributed by atoms with E-state index >= 15 is 0 Å². The Hall–Kier alpha value is -1.40. The number of anilines is 1. The lowest BCUT2D eigenvalue weighted by Crippen LogP contribution is -2.46. The van der Waals surface area contributed by atoms with Gasteiger partial charge in [-0.25, -0.2) is 9.97 Å². The van der Waals surface area contributed by atoms with Crippen LogP contribution < -0.4 is 4.90 Å². The van der Waals surface area contributed by atoms with Gasteiger partial charge in [0.15, 0.2) is 5.13 Å². The Bertz CT molecular complexity index is 513. The van der Waals surface area contributed by atoms with E-state index in [2.05, 4.69) is 37.5 Å². The molecular formula is C14H21N5S. The quantitative estimate of drug-likeness (QED) is 0.845. The molecule has 108 valence electrons. The normalized spacial score (nSPS) is 16.8. The number of piperazine rings is 1. The number of aromatic nitrogens is 3. The van der Waals surface area contributed by atoms with Gasteiger partial charge in [-0.15, -0.1) is 11.3 Å². The first-order valence-electron chi connectivity index (χ1n) is 7.23. The number of hydrogen-bond donors (Lipinski definition) is 0. The van der Waals surface area contributed by atoms with Crippen LogP contribution in [0.4, 0.5) is 5.13 Å². The first kappa shape index (κ1) is 13.6. The minimum Gasteiger partial charge on any atom is -0.346 e. The van der Waals surface area contributed by atoms with E-state index in [1.807, 2.05) is 17.8 Å². The first-order valence-corrected chi connectivity index (χ1v) is 8.11. The molecule has 3 heterocycles. The molecule has 0 N–H and O–H groups in total. The molecular weight excluding hydrogens is 270 g/mol. The Labute approximate surface area is 123 Å². The van der Waals surface area contributed by atoms with Crippen LogP contribution in [0.5, 0.6) is 0 Å². The fourth-order valence-electron chi connectivity index (χ4n) is 2.61. The van der Waals surface area contributed by atoms with E-state index in [0.29, 0.717) is 0 Å². The fourth-order valence-corrected chi connectivity index (χ4v) is 3.30. The number of aryl methyl sites for hydroxylation is 1. The Morgan fingerprint density at radius 2 is 2.00 bits per heavy atom. The van der Waals surface area contributed by atoms with Gasteiger partial charge in [0.1, 0.15) is 5.82 Å². The summed E-state index contributed by atoms with van der Waals surface area (Å²) in [5.41, 5.74) is 0. The van der Waals surface area contributed by atoms with Crippen LogP contribution in [0.1, 0.15) is 19.2 Å². The molecule has 0 amide bonds. The molecule has 2 aromatic rings. The molecule has 0 unspecified atom stereocenters. The highest BCUT2D eigenvalue weighted by molar-refractivity contribution is 7.13. The van der Waals surface area contributed by atoms with Gasteiger partial charge in [0.25, 0.3) is 0 Å². The van der Waals surface area contributed by atoms with E-state index < -0.39 is 0 Å². The Morgan fingerprint density at radius 3 is 2.70 bits per heavy atom. The molecule has 6 heteroatoms. The van der Waals surface area contributed by atoms with Crippen LogP contribution in [0.15, 0.2) is 24.0 Å². The molecule has 0 aromatic carbocycles. The average molecular weight is 291 g/mol. The zero-order valence-corrected chi connectivity index (χ0v) is 12.7. The second-order valence-electron chi connectivity index (χ2n) is 5.11. The van der Waals surface area contributed by atoms with Gasteiger partial charge < -0.3 is 9.47 Å². The third-order valence-electron chi connectivity index (χ3n) is 3.69. The van der Waals surface area contributed by atoms with E-state index in [0.717, 1.165) is 50.8 Å². The van der Waals surface area contributed by atoms with Crippen molar-refractivity contribution in [2.75, 3.05) is 31.1 Å². The van der Waals surface area contributed by atoms with Crippen LogP contribution in [0.3, 0.4) is 0 Å². The van der Waals surface area contributed by atoms with Crippen molar-refractivity contribution in [3.05, 3.63) is 29.8 Å². The lowest BCUT2D eigenvalue weighted by atomic mass is 10.3. The zero-order valence-electron chi connectivity index (χ0n) is 11.9. The average Bonchev–Trinajstić information content (AvgIpc) is 3.13. The van der Waals surface area contributed by atoms with Crippen LogP contribution >= 0.6 is 11.3 Å². The van der Waals surface area contributed by atoms with Crippen molar-refractivity contribution in [1.82, 2.24) is 19.4 Å². The van der Waals surface area contributed by atoms with E-state index in [9.17, 15) is 0 Å². The van der Waals surface area contributed by atoms with Crippen LogP contribution in [-0.4, -0.2) is 45.6 Å². The van der Waals surface area contributed by atoms with Crippen molar-refractivity contribution >= 4 is 16.5 Å². The molecule has 0 aliphatic carbocycles. The summed E-state index contributed by atoms with van der Waals surface area (Å²) in [7, 11) is 0. The largest absolute Gasteiger partial charge is 0.346 e. The maximum atomic E-state index is 4.50. The van der Waals surface area contributed by atoms with Crippen molar-refractivity contribution in [3.8, 4) is 0 Å². The summed E-state index contributed by atoms with van der Waals surface area (Å²) in [5.74, 6) is 1.19. The number of hydrogen-bond acceptors (Lipinski definition) is 5. The van der Waals surface area contributed by atoms with Gasteiger partial charge in [-0.1, -0.05) is 6.92 Å². The molecule has 2 aromatic heterocycles. The van der Waals surface area contributed by atoms with Gasteiger partial charge in [-0.2, -0.15) is 0 Å². The van der Waals surface area contributed by atoms with Gasteiger partial charge in [0, 0.05) is 56.7 Å². The number of imidazole rings is 1. The third kappa shape index (κ3) is 3.02. The maximum absolute atomic E-state index is 4.50. The number of rotatable bonds is 5. The molecule has 5 nitrogen and oxygen atoms in total. The summed E-state index contributed by atoms with van der Waals surface area (Å²) in [6.45, 7) is 8.50. The van der Waals surface area contributed by atoms with Crippen molar-refractivity contribution in [2.24, 2.45) is 0 Å². The monoisotopic (exact) mass is 291 g/mol. The molecule has 0 bridgehead atoms. The molecule has 3 rings (SSSR count). The molecule has 0 saturated carbocycles. The van der Waals surface area contributed by atoms with Crippen LogP contribution in [0, 0.1) is 0 Å². The smallest absolute Gasteiger partial charge is 0.185 e. The second-order valence-corrected chi connectivity index (χ2v) is 5.99. The van der Waals surface area contributed by atoms with Crippen molar-refractivity contribution in [1.29, 1.82) is 0 Å². The molecule has 1 aliphatic heterocycles. The Morgan fingerprint density at radius 1 is 1.15 bits per heavy atom. The standard InChI is InChI=1S/C14H21N5S/c1-2-5-18-6-3-15-13(18)12-17-7-9-19(10-8-17)14-16-4-11-20-14/h3-4,6,11H,2,5,7-10,12H2,1H3. The predicted molar refractivity (Wildman–Crippen MR) is 82.1 cm³/mol. The molecule has 0 radical (unpaired) electrons. The summed E-state index contributed by atoms with van der Waals surface area (Å²) >= 11 is 1.72. The van der Waals surface area contributed by atoms with Crippen molar-refractivity contribution < 1.29 is 0 Å². The van der Waals surface area contributed by atoms with E-state index in [-0.39, 0.29) is 0 Å². The predicted octanol–water partition coefficient (Wildman–Crippen LogP) is 2.07. The molecule has 1 fully saturated rings. The summed E-state index contributed by atoms with van der Waals surface area (Å²) in [6, 6.07) is 0.